The average molecular weight is 323 g/mol. The molecule has 2 aromatic carbocycles. The number of hydrogen-bond donors (Lipinski definition) is 0. The van der Waals surface area contributed by atoms with Gasteiger partial charge in [0.15, 0.2) is 0 Å². The van der Waals surface area contributed by atoms with Crippen molar-refractivity contribution in [2.24, 2.45) is 0 Å². The SMILES string of the molecule is Cc1cc(C)n(-c2ccc(CN(C)Cc3ccccc3F)cc2)n1. The first-order chi connectivity index (χ1) is 11.5. The Morgan fingerprint density at radius 3 is 2.33 bits per heavy atom. The van der Waals surface area contributed by atoms with E-state index in [9.17, 15) is 4.39 Å². The second-order valence-corrected chi connectivity index (χ2v) is 6.27. The average Bonchev–Trinajstić information content (AvgIpc) is 2.89. The van der Waals surface area contributed by atoms with Gasteiger partial charge in [0.2, 0.25) is 0 Å². The molecule has 0 radical (unpaired) electrons. The van der Waals surface area contributed by atoms with Gasteiger partial charge in [-0.3, -0.25) is 4.90 Å². The third kappa shape index (κ3) is 3.71. The minimum absolute atomic E-state index is 0.149. The van der Waals surface area contributed by atoms with E-state index in [4.69, 9.17) is 0 Å². The lowest BCUT2D eigenvalue weighted by Gasteiger charge is -2.17. The number of aromatic nitrogens is 2. The van der Waals surface area contributed by atoms with Crippen molar-refractivity contribution < 1.29 is 4.39 Å². The van der Waals surface area contributed by atoms with Crippen LogP contribution in [-0.4, -0.2) is 21.7 Å². The Labute approximate surface area is 142 Å². The van der Waals surface area contributed by atoms with E-state index in [1.165, 1.54) is 11.6 Å². The van der Waals surface area contributed by atoms with Crippen LogP contribution in [0.5, 0.6) is 0 Å². The number of rotatable bonds is 5. The third-order valence-corrected chi connectivity index (χ3v) is 4.04. The van der Waals surface area contributed by atoms with Crippen LogP contribution in [0.25, 0.3) is 5.69 Å². The van der Waals surface area contributed by atoms with Gasteiger partial charge < -0.3 is 0 Å². The summed E-state index contributed by atoms with van der Waals surface area (Å²) in [5.74, 6) is -0.149. The summed E-state index contributed by atoms with van der Waals surface area (Å²) in [5.41, 5.74) is 5.11. The fourth-order valence-electron chi connectivity index (χ4n) is 2.92. The molecule has 1 aromatic heterocycles. The van der Waals surface area contributed by atoms with E-state index in [1.54, 1.807) is 6.07 Å². The van der Waals surface area contributed by atoms with Crippen molar-refractivity contribution >= 4 is 0 Å². The van der Waals surface area contributed by atoms with Crippen LogP contribution < -0.4 is 0 Å². The minimum Gasteiger partial charge on any atom is -0.298 e. The Morgan fingerprint density at radius 1 is 1.00 bits per heavy atom. The summed E-state index contributed by atoms with van der Waals surface area (Å²) < 4.78 is 15.7. The van der Waals surface area contributed by atoms with Crippen LogP contribution in [0, 0.1) is 19.7 Å². The molecule has 0 spiro atoms. The fourth-order valence-corrected chi connectivity index (χ4v) is 2.92. The predicted molar refractivity (Wildman–Crippen MR) is 94.6 cm³/mol. The maximum absolute atomic E-state index is 13.7. The van der Waals surface area contributed by atoms with Gasteiger partial charge in [-0.15, -0.1) is 0 Å². The molecule has 0 atom stereocenters. The quantitative estimate of drug-likeness (QED) is 0.699. The van der Waals surface area contributed by atoms with Crippen molar-refractivity contribution in [1.82, 2.24) is 14.7 Å². The zero-order valence-electron chi connectivity index (χ0n) is 14.3. The molecule has 0 aliphatic heterocycles. The number of hydrogen-bond acceptors (Lipinski definition) is 2. The molecule has 1 heterocycles. The molecule has 3 rings (SSSR count). The van der Waals surface area contributed by atoms with E-state index >= 15 is 0 Å². The molecule has 3 nitrogen and oxygen atoms in total. The summed E-state index contributed by atoms with van der Waals surface area (Å²) in [4.78, 5) is 2.11. The molecule has 124 valence electrons. The van der Waals surface area contributed by atoms with Crippen molar-refractivity contribution in [3.63, 3.8) is 0 Å². The molecule has 0 saturated heterocycles. The van der Waals surface area contributed by atoms with Gasteiger partial charge in [-0.2, -0.15) is 5.10 Å². The van der Waals surface area contributed by atoms with Gasteiger partial charge in [-0.25, -0.2) is 9.07 Å². The fraction of sp³-hybridized carbons (Fsp3) is 0.250. The van der Waals surface area contributed by atoms with Gasteiger partial charge in [0.1, 0.15) is 5.82 Å². The molecule has 0 amide bonds. The van der Waals surface area contributed by atoms with Crippen LogP contribution in [-0.2, 0) is 13.1 Å². The van der Waals surface area contributed by atoms with Crippen LogP contribution in [0.3, 0.4) is 0 Å². The lowest BCUT2D eigenvalue weighted by atomic mass is 10.1. The maximum atomic E-state index is 13.7. The highest BCUT2D eigenvalue weighted by molar-refractivity contribution is 5.36. The summed E-state index contributed by atoms with van der Waals surface area (Å²) in [6.07, 6.45) is 0. The molecule has 0 aliphatic carbocycles. The van der Waals surface area contributed by atoms with Crippen molar-refractivity contribution in [3.05, 3.63) is 82.9 Å². The maximum Gasteiger partial charge on any atom is 0.127 e. The van der Waals surface area contributed by atoms with Gasteiger partial charge >= 0.3 is 0 Å². The highest BCUT2D eigenvalue weighted by Crippen LogP contribution is 2.15. The second-order valence-electron chi connectivity index (χ2n) is 6.27. The molecular weight excluding hydrogens is 301 g/mol. The van der Waals surface area contributed by atoms with Crippen molar-refractivity contribution in [2.75, 3.05) is 7.05 Å². The smallest absolute Gasteiger partial charge is 0.127 e. The first-order valence-electron chi connectivity index (χ1n) is 8.07. The summed E-state index contributed by atoms with van der Waals surface area (Å²) >= 11 is 0. The molecule has 3 aromatic rings. The second kappa shape index (κ2) is 6.97. The molecular formula is C20H22FN3. The largest absolute Gasteiger partial charge is 0.298 e. The molecule has 0 aliphatic rings. The molecule has 4 heteroatoms. The minimum atomic E-state index is -0.149. The van der Waals surface area contributed by atoms with Crippen LogP contribution in [0.1, 0.15) is 22.5 Å². The lowest BCUT2D eigenvalue weighted by Crippen LogP contribution is -2.18. The van der Waals surface area contributed by atoms with E-state index in [2.05, 4.69) is 47.3 Å². The Bertz CT molecular complexity index is 821. The molecule has 0 bridgehead atoms. The van der Waals surface area contributed by atoms with Gasteiger partial charge in [-0.1, -0.05) is 30.3 Å². The molecule has 0 N–H and O–H groups in total. The zero-order chi connectivity index (χ0) is 17.1. The number of halogens is 1. The van der Waals surface area contributed by atoms with E-state index < -0.39 is 0 Å². The summed E-state index contributed by atoms with van der Waals surface area (Å²) in [5, 5.41) is 4.50. The Balaban J connectivity index is 1.68. The number of nitrogens with zero attached hydrogens (tertiary/aromatic N) is 3. The van der Waals surface area contributed by atoms with Crippen LogP contribution in [0.4, 0.5) is 4.39 Å². The Hall–Kier alpha value is -2.46. The van der Waals surface area contributed by atoms with Crippen molar-refractivity contribution in [1.29, 1.82) is 0 Å². The molecule has 24 heavy (non-hydrogen) atoms. The first-order valence-corrected chi connectivity index (χ1v) is 8.07. The van der Waals surface area contributed by atoms with E-state index in [1.807, 2.05) is 30.8 Å². The van der Waals surface area contributed by atoms with E-state index in [0.717, 1.165) is 29.2 Å². The zero-order valence-corrected chi connectivity index (χ0v) is 14.3. The lowest BCUT2D eigenvalue weighted by molar-refractivity contribution is 0.313. The van der Waals surface area contributed by atoms with Crippen LogP contribution in [0.15, 0.2) is 54.6 Å². The molecule has 0 saturated carbocycles. The predicted octanol–water partition coefficient (Wildman–Crippen LogP) is 4.26. The number of benzene rings is 2. The number of aryl methyl sites for hydroxylation is 2. The van der Waals surface area contributed by atoms with Gasteiger partial charge in [0.25, 0.3) is 0 Å². The van der Waals surface area contributed by atoms with Crippen LogP contribution in [0.2, 0.25) is 0 Å². The van der Waals surface area contributed by atoms with Gasteiger partial charge in [-0.05, 0) is 50.7 Å². The first kappa shape index (κ1) is 16.4. The normalized spacial score (nSPS) is 11.2. The summed E-state index contributed by atoms with van der Waals surface area (Å²) in [6.45, 7) is 5.41. The van der Waals surface area contributed by atoms with Crippen molar-refractivity contribution in [2.45, 2.75) is 26.9 Å². The molecule has 0 unspecified atom stereocenters. The van der Waals surface area contributed by atoms with Crippen molar-refractivity contribution in [3.8, 4) is 5.69 Å². The van der Waals surface area contributed by atoms with Crippen LogP contribution >= 0.6 is 0 Å². The standard InChI is InChI=1S/C20H22FN3/c1-15-12-16(2)24(22-15)19-10-8-17(9-11-19)13-23(3)14-18-6-4-5-7-20(18)21/h4-12H,13-14H2,1-3H3. The highest BCUT2D eigenvalue weighted by atomic mass is 19.1. The van der Waals surface area contributed by atoms with E-state index in [0.29, 0.717) is 6.54 Å². The Kier molecular flexibility index (Phi) is 4.76. The monoisotopic (exact) mass is 323 g/mol. The van der Waals surface area contributed by atoms with Gasteiger partial charge in [0.05, 0.1) is 11.4 Å². The summed E-state index contributed by atoms with van der Waals surface area (Å²) in [6, 6.07) is 17.3. The third-order valence-electron chi connectivity index (χ3n) is 4.04. The highest BCUT2D eigenvalue weighted by Gasteiger charge is 2.07. The topological polar surface area (TPSA) is 21.1 Å². The molecule has 0 fully saturated rings. The Morgan fingerprint density at radius 2 is 1.71 bits per heavy atom. The van der Waals surface area contributed by atoms with E-state index in [-0.39, 0.29) is 5.82 Å². The van der Waals surface area contributed by atoms with Gasteiger partial charge in [0, 0.05) is 24.3 Å². The summed E-state index contributed by atoms with van der Waals surface area (Å²) in [7, 11) is 2.00.